The first kappa shape index (κ1) is 30.4. The number of nitrogens with zero attached hydrogens (tertiary/aromatic N) is 4. The van der Waals surface area contributed by atoms with Crippen molar-refractivity contribution in [3.05, 3.63) is 169 Å². The number of nitriles is 2. The van der Waals surface area contributed by atoms with Gasteiger partial charge in [-0.3, -0.25) is 0 Å². The van der Waals surface area contributed by atoms with E-state index < -0.39 is 0 Å². The van der Waals surface area contributed by atoms with Gasteiger partial charge in [-0.05, 0) is 60.7 Å². The van der Waals surface area contributed by atoms with Crippen LogP contribution in [-0.2, 0) is 0 Å². The van der Waals surface area contributed by atoms with Crippen molar-refractivity contribution in [1.82, 2.24) is 9.13 Å². The summed E-state index contributed by atoms with van der Waals surface area (Å²) in [5, 5.41) is 30.0. The second-order valence-electron chi connectivity index (χ2n) is 14.3. The Kier molecular flexibility index (Phi) is 6.10. The smallest absolute Gasteiger partial charge is 0.137 e. The molecule has 56 heavy (non-hydrogen) atoms. The minimum absolute atomic E-state index is 0.478. The summed E-state index contributed by atoms with van der Waals surface area (Å²) in [6, 6.07) is 58.3. The average molecular weight is 715 g/mol. The van der Waals surface area contributed by atoms with Crippen molar-refractivity contribution < 1.29 is 8.83 Å². The van der Waals surface area contributed by atoms with Gasteiger partial charge in [-0.15, -0.1) is 0 Å². The van der Waals surface area contributed by atoms with Gasteiger partial charge in [0, 0.05) is 77.7 Å². The normalized spacial score (nSPS) is 11.9. The maximum Gasteiger partial charge on any atom is 0.137 e. The van der Waals surface area contributed by atoms with Crippen LogP contribution in [-0.4, -0.2) is 9.13 Å². The van der Waals surface area contributed by atoms with Crippen LogP contribution in [0.4, 0.5) is 0 Å². The van der Waals surface area contributed by atoms with Gasteiger partial charge in [0.15, 0.2) is 0 Å². The molecule has 8 aromatic carbocycles. The molecule has 0 saturated carbocycles. The van der Waals surface area contributed by atoms with E-state index in [0.29, 0.717) is 22.3 Å². The highest BCUT2D eigenvalue weighted by molar-refractivity contribution is 6.18. The molecule has 6 heteroatoms. The molecule has 0 radical (unpaired) electrons. The first-order valence-corrected chi connectivity index (χ1v) is 18.5. The molecule has 12 rings (SSSR count). The van der Waals surface area contributed by atoms with Gasteiger partial charge in [0.1, 0.15) is 22.3 Å². The van der Waals surface area contributed by atoms with E-state index in [0.717, 1.165) is 98.9 Å². The van der Waals surface area contributed by atoms with Crippen LogP contribution >= 0.6 is 0 Å². The average Bonchev–Trinajstić information content (AvgIpc) is 3.98. The van der Waals surface area contributed by atoms with Gasteiger partial charge in [-0.25, -0.2) is 0 Å². The van der Waals surface area contributed by atoms with Gasteiger partial charge in [0.25, 0.3) is 0 Å². The number of furan rings is 2. The molecule has 0 bridgehead atoms. The van der Waals surface area contributed by atoms with Crippen molar-refractivity contribution in [2.75, 3.05) is 0 Å². The molecule has 4 heterocycles. The van der Waals surface area contributed by atoms with E-state index in [1.165, 1.54) is 0 Å². The van der Waals surface area contributed by atoms with E-state index in [4.69, 9.17) is 8.83 Å². The van der Waals surface area contributed by atoms with Gasteiger partial charge < -0.3 is 18.0 Å². The van der Waals surface area contributed by atoms with Gasteiger partial charge in [-0.1, -0.05) is 84.9 Å². The Morgan fingerprint density at radius 2 is 0.750 bits per heavy atom. The highest BCUT2D eigenvalue weighted by atomic mass is 16.3. The number of rotatable bonds is 3. The number of hydrogen-bond donors (Lipinski definition) is 0. The third-order valence-electron chi connectivity index (χ3n) is 11.4. The summed E-state index contributed by atoms with van der Waals surface area (Å²) in [6.07, 6.45) is 0. The molecular weight excluding hydrogens is 689 g/mol. The summed E-state index contributed by atoms with van der Waals surface area (Å²) < 4.78 is 17.0. The molecular formula is C50H26N4O2. The van der Waals surface area contributed by atoms with Gasteiger partial charge >= 0.3 is 0 Å². The molecule has 0 N–H and O–H groups in total. The third-order valence-corrected chi connectivity index (χ3v) is 11.4. The van der Waals surface area contributed by atoms with Gasteiger partial charge in [0.2, 0.25) is 0 Å². The Labute approximate surface area is 318 Å². The van der Waals surface area contributed by atoms with E-state index in [2.05, 4.69) is 94.1 Å². The molecule has 0 atom stereocenters. The zero-order chi connectivity index (χ0) is 37.1. The first-order valence-electron chi connectivity index (χ1n) is 18.5. The predicted molar refractivity (Wildman–Crippen MR) is 225 cm³/mol. The van der Waals surface area contributed by atoms with Crippen LogP contribution in [0.1, 0.15) is 11.1 Å². The summed E-state index contributed by atoms with van der Waals surface area (Å²) in [4.78, 5) is 0. The minimum Gasteiger partial charge on any atom is -0.456 e. The summed E-state index contributed by atoms with van der Waals surface area (Å²) in [5.41, 5.74) is 11.4. The number of para-hydroxylation sites is 4. The lowest BCUT2D eigenvalue weighted by Crippen LogP contribution is -1.98. The van der Waals surface area contributed by atoms with Crippen molar-refractivity contribution in [2.45, 2.75) is 0 Å². The maximum atomic E-state index is 10.6. The van der Waals surface area contributed by atoms with Crippen LogP contribution in [0.2, 0.25) is 0 Å². The molecule has 0 fully saturated rings. The van der Waals surface area contributed by atoms with Crippen molar-refractivity contribution >= 4 is 87.5 Å². The second kappa shape index (κ2) is 11.2. The molecule has 0 aliphatic rings. The van der Waals surface area contributed by atoms with Crippen LogP contribution < -0.4 is 0 Å². The summed E-state index contributed by atoms with van der Waals surface area (Å²) in [6.45, 7) is 0. The summed E-state index contributed by atoms with van der Waals surface area (Å²) in [5.74, 6) is 0. The monoisotopic (exact) mass is 714 g/mol. The summed E-state index contributed by atoms with van der Waals surface area (Å²) >= 11 is 0. The van der Waals surface area contributed by atoms with Crippen LogP contribution in [0.3, 0.4) is 0 Å². The molecule has 0 aliphatic carbocycles. The first-order chi connectivity index (χ1) is 27.7. The largest absolute Gasteiger partial charge is 0.456 e. The van der Waals surface area contributed by atoms with Crippen molar-refractivity contribution in [2.24, 2.45) is 0 Å². The molecule has 12 aromatic rings. The standard InChI is InChI=1S/C50H26N4O2/c51-27-29-21-31(53-43-13-5-1-9-35(43)39-23-41-37-11-3-7-15-47(37)55-49(41)25-45(39)53)17-19-33(29)34-20-18-32(22-30(34)28-52)54-44-14-6-2-10-36(44)40-24-42-38-12-4-8-16-48(38)56-50(42)26-46(40)54/h1-26H. The van der Waals surface area contributed by atoms with E-state index >= 15 is 0 Å². The number of hydrogen-bond acceptors (Lipinski definition) is 4. The van der Waals surface area contributed by atoms with Crippen LogP contribution in [0.25, 0.3) is 110 Å². The fourth-order valence-electron chi connectivity index (χ4n) is 8.93. The van der Waals surface area contributed by atoms with E-state index in [-0.39, 0.29) is 0 Å². The zero-order valence-electron chi connectivity index (χ0n) is 29.6. The minimum atomic E-state index is 0.478. The fourth-order valence-corrected chi connectivity index (χ4v) is 8.93. The van der Waals surface area contributed by atoms with Crippen LogP contribution in [0.5, 0.6) is 0 Å². The molecule has 0 amide bonds. The molecule has 0 unspecified atom stereocenters. The molecule has 258 valence electrons. The molecule has 4 aromatic heterocycles. The molecule has 0 aliphatic heterocycles. The predicted octanol–water partition coefficient (Wildman–Crippen LogP) is 13.1. The Hall–Kier alpha value is -8.06. The number of benzene rings is 8. The lowest BCUT2D eigenvalue weighted by atomic mass is 9.95. The highest BCUT2D eigenvalue weighted by Gasteiger charge is 2.20. The Bertz CT molecular complexity index is 3500. The SMILES string of the molecule is N#Cc1cc(-n2c3ccccc3c3cc4c(cc32)oc2ccccc24)ccc1-c1ccc(-n2c3ccccc3c3cc4c(cc32)oc2ccccc24)cc1C#N. The topological polar surface area (TPSA) is 83.7 Å². The zero-order valence-corrected chi connectivity index (χ0v) is 29.6. The second-order valence-corrected chi connectivity index (χ2v) is 14.3. The Morgan fingerprint density at radius 1 is 0.339 bits per heavy atom. The molecule has 0 saturated heterocycles. The molecule has 6 nitrogen and oxygen atoms in total. The van der Waals surface area contributed by atoms with Gasteiger partial charge in [-0.2, -0.15) is 10.5 Å². The Morgan fingerprint density at radius 3 is 1.20 bits per heavy atom. The maximum absolute atomic E-state index is 10.6. The Balaban J connectivity index is 1.02. The number of fused-ring (bicyclic) bond motifs is 12. The lowest BCUT2D eigenvalue weighted by Gasteiger charge is -2.14. The van der Waals surface area contributed by atoms with Crippen molar-refractivity contribution in [3.8, 4) is 34.6 Å². The van der Waals surface area contributed by atoms with Gasteiger partial charge in [0.05, 0.1) is 45.3 Å². The summed E-state index contributed by atoms with van der Waals surface area (Å²) in [7, 11) is 0. The third kappa shape index (κ3) is 4.13. The number of aromatic nitrogens is 2. The fraction of sp³-hybridized carbons (Fsp3) is 0. The van der Waals surface area contributed by atoms with E-state index in [9.17, 15) is 10.5 Å². The highest BCUT2D eigenvalue weighted by Crippen LogP contribution is 2.41. The molecule has 0 spiro atoms. The van der Waals surface area contributed by atoms with E-state index in [1.54, 1.807) is 0 Å². The van der Waals surface area contributed by atoms with Crippen molar-refractivity contribution in [3.63, 3.8) is 0 Å². The van der Waals surface area contributed by atoms with Crippen LogP contribution in [0, 0.1) is 22.7 Å². The lowest BCUT2D eigenvalue weighted by molar-refractivity contribution is 0.669. The quantitative estimate of drug-likeness (QED) is 0.182. The van der Waals surface area contributed by atoms with Crippen LogP contribution in [0.15, 0.2) is 167 Å². The van der Waals surface area contributed by atoms with E-state index in [1.807, 2.05) is 84.9 Å². The van der Waals surface area contributed by atoms with Crippen molar-refractivity contribution in [1.29, 1.82) is 10.5 Å².